The minimum atomic E-state index is 0.239. The lowest BCUT2D eigenvalue weighted by Gasteiger charge is -2.49. The molecule has 3 nitrogen and oxygen atoms in total. The van der Waals surface area contributed by atoms with Gasteiger partial charge in [0, 0.05) is 37.4 Å². The third-order valence-electron chi connectivity index (χ3n) is 5.42. The fraction of sp³-hybridized carbons (Fsp3) is 0.667. The number of anilines is 1. The van der Waals surface area contributed by atoms with Crippen LogP contribution in [0.3, 0.4) is 0 Å². The summed E-state index contributed by atoms with van der Waals surface area (Å²) >= 11 is 0. The molecule has 3 heteroatoms. The Kier molecular flexibility index (Phi) is 4.51. The first-order valence-electron chi connectivity index (χ1n) is 8.52. The number of para-hydroxylation sites is 1. The fourth-order valence-electron chi connectivity index (χ4n) is 3.74. The maximum atomic E-state index is 6.23. The standard InChI is InChI=1S/C18H29N3/c1-2-21(14-16-8-9-16)18(15-19)10-12-20(13-11-18)17-6-4-3-5-7-17/h3-7,16H,2,8-15,19H2,1H3. The van der Waals surface area contributed by atoms with E-state index >= 15 is 0 Å². The summed E-state index contributed by atoms with van der Waals surface area (Å²) in [5.41, 5.74) is 7.83. The van der Waals surface area contributed by atoms with E-state index in [1.807, 2.05) is 0 Å². The summed E-state index contributed by atoms with van der Waals surface area (Å²) in [6.07, 6.45) is 5.23. The van der Waals surface area contributed by atoms with Crippen LogP contribution in [0.15, 0.2) is 30.3 Å². The zero-order chi connectivity index (χ0) is 14.7. The molecular weight excluding hydrogens is 258 g/mol. The van der Waals surface area contributed by atoms with Gasteiger partial charge in [-0.25, -0.2) is 0 Å². The third-order valence-corrected chi connectivity index (χ3v) is 5.42. The molecule has 0 amide bonds. The Labute approximate surface area is 129 Å². The molecule has 1 saturated heterocycles. The van der Waals surface area contributed by atoms with Gasteiger partial charge in [-0.2, -0.15) is 0 Å². The zero-order valence-electron chi connectivity index (χ0n) is 13.3. The van der Waals surface area contributed by atoms with E-state index in [0.717, 1.165) is 32.1 Å². The van der Waals surface area contributed by atoms with Crippen LogP contribution in [0, 0.1) is 5.92 Å². The molecule has 0 bridgehead atoms. The largest absolute Gasteiger partial charge is 0.371 e. The van der Waals surface area contributed by atoms with Gasteiger partial charge in [0.15, 0.2) is 0 Å². The van der Waals surface area contributed by atoms with Crippen LogP contribution < -0.4 is 10.6 Å². The molecule has 1 aromatic rings. The van der Waals surface area contributed by atoms with Crippen molar-refractivity contribution in [2.45, 2.75) is 38.1 Å². The van der Waals surface area contributed by atoms with Gasteiger partial charge in [0.1, 0.15) is 0 Å². The minimum absolute atomic E-state index is 0.239. The van der Waals surface area contributed by atoms with E-state index in [1.165, 1.54) is 37.9 Å². The quantitative estimate of drug-likeness (QED) is 0.873. The lowest BCUT2D eigenvalue weighted by molar-refractivity contribution is 0.0695. The SMILES string of the molecule is CCN(CC1CC1)C1(CN)CCN(c2ccccc2)CC1. The van der Waals surface area contributed by atoms with E-state index in [-0.39, 0.29) is 5.54 Å². The van der Waals surface area contributed by atoms with E-state index in [4.69, 9.17) is 5.73 Å². The maximum Gasteiger partial charge on any atom is 0.0366 e. The molecule has 0 spiro atoms. The molecule has 116 valence electrons. The van der Waals surface area contributed by atoms with Crippen LogP contribution >= 0.6 is 0 Å². The number of benzene rings is 1. The van der Waals surface area contributed by atoms with E-state index in [0.29, 0.717) is 0 Å². The summed E-state index contributed by atoms with van der Waals surface area (Å²) < 4.78 is 0. The van der Waals surface area contributed by atoms with Crippen LogP contribution in [0.1, 0.15) is 32.6 Å². The number of nitrogens with zero attached hydrogens (tertiary/aromatic N) is 2. The fourth-order valence-corrected chi connectivity index (χ4v) is 3.74. The zero-order valence-corrected chi connectivity index (χ0v) is 13.3. The Morgan fingerprint density at radius 2 is 1.86 bits per heavy atom. The van der Waals surface area contributed by atoms with E-state index < -0.39 is 0 Å². The van der Waals surface area contributed by atoms with Gasteiger partial charge in [-0.3, -0.25) is 4.90 Å². The van der Waals surface area contributed by atoms with E-state index in [2.05, 4.69) is 47.1 Å². The number of hydrogen-bond acceptors (Lipinski definition) is 3. The summed E-state index contributed by atoms with van der Waals surface area (Å²) in [7, 11) is 0. The Morgan fingerprint density at radius 1 is 1.19 bits per heavy atom. The van der Waals surface area contributed by atoms with E-state index in [1.54, 1.807) is 0 Å². The second kappa shape index (κ2) is 6.37. The molecule has 1 aliphatic heterocycles. The highest BCUT2D eigenvalue weighted by molar-refractivity contribution is 5.46. The monoisotopic (exact) mass is 287 g/mol. The van der Waals surface area contributed by atoms with Crippen molar-refractivity contribution < 1.29 is 0 Å². The molecule has 3 rings (SSSR count). The van der Waals surface area contributed by atoms with E-state index in [9.17, 15) is 0 Å². The number of nitrogens with two attached hydrogens (primary N) is 1. The van der Waals surface area contributed by atoms with Crippen molar-refractivity contribution in [2.24, 2.45) is 11.7 Å². The number of likely N-dealkylation sites (N-methyl/N-ethyl adjacent to an activating group) is 1. The van der Waals surface area contributed by atoms with Crippen LogP contribution in [0.5, 0.6) is 0 Å². The van der Waals surface area contributed by atoms with Crippen molar-refractivity contribution in [1.29, 1.82) is 0 Å². The summed E-state index contributed by atoms with van der Waals surface area (Å²) in [4.78, 5) is 5.20. The average Bonchev–Trinajstić information content (AvgIpc) is 3.38. The molecule has 21 heavy (non-hydrogen) atoms. The molecule has 2 aliphatic rings. The molecule has 2 fully saturated rings. The predicted octanol–water partition coefficient (Wildman–Crippen LogP) is 2.72. The molecule has 2 N–H and O–H groups in total. The highest BCUT2D eigenvalue weighted by Gasteiger charge is 2.40. The average molecular weight is 287 g/mol. The van der Waals surface area contributed by atoms with Gasteiger partial charge < -0.3 is 10.6 Å². The van der Waals surface area contributed by atoms with Crippen LogP contribution in [0.4, 0.5) is 5.69 Å². The third kappa shape index (κ3) is 3.24. The van der Waals surface area contributed by atoms with Gasteiger partial charge in [-0.1, -0.05) is 25.1 Å². The second-order valence-corrected chi connectivity index (χ2v) is 6.73. The van der Waals surface area contributed by atoms with Crippen molar-refractivity contribution in [3.63, 3.8) is 0 Å². The predicted molar refractivity (Wildman–Crippen MR) is 89.6 cm³/mol. The van der Waals surface area contributed by atoms with Crippen LogP contribution in [0.25, 0.3) is 0 Å². The summed E-state index contributed by atoms with van der Waals surface area (Å²) in [5.74, 6) is 0.945. The van der Waals surface area contributed by atoms with Crippen molar-refractivity contribution >= 4 is 5.69 Å². The van der Waals surface area contributed by atoms with Gasteiger partial charge in [-0.05, 0) is 50.3 Å². The molecule has 0 radical (unpaired) electrons. The van der Waals surface area contributed by atoms with Gasteiger partial charge in [-0.15, -0.1) is 0 Å². The summed E-state index contributed by atoms with van der Waals surface area (Å²) in [6, 6.07) is 10.8. The Hall–Kier alpha value is -1.06. The molecule has 1 aromatic carbocycles. The molecule has 1 aliphatic carbocycles. The highest BCUT2D eigenvalue weighted by atomic mass is 15.2. The lowest BCUT2D eigenvalue weighted by Crippen LogP contribution is -2.60. The summed E-state index contributed by atoms with van der Waals surface area (Å²) in [5, 5.41) is 0. The van der Waals surface area contributed by atoms with Crippen molar-refractivity contribution in [1.82, 2.24) is 4.90 Å². The molecular formula is C18H29N3. The lowest BCUT2D eigenvalue weighted by atomic mass is 9.85. The highest BCUT2D eigenvalue weighted by Crippen LogP contribution is 2.36. The first-order valence-corrected chi connectivity index (χ1v) is 8.52. The Bertz CT molecular complexity index is 433. The van der Waals surface area contributed by atoms with Gasteiger partial charge in [0.2, 0.25) is 0 Å². The second-order valence-electron chi connectivity index (χ2n) is 6.73. The minimum Gasteiger partial charge on any atom is -0.371 e. The van der Waals surface area contributed by atoms with Crippen LogP contribution in [0.2, 0.25) is 0 Å². The molecule has 0 atom stereocenters. The number of hydrogen-bond donors (Lipinski definition) is 1. The molecule has 1 saturated carbocycles. The van der Waals surface area contributed by atoms with Crippen LogP contribution in [-0.4, -0.2) is 43.2 Å². The summed E-state index contributed by atoms with van der Waals surface area (Å²) in [6.45, 7) is 7.75. The molecule has 1 heterocycles. The normalized spacial score (nSPS) is 21.8. The Morgan fingerprint density at radius 3 is 2.38 bits per heavy atom. The van der Waals surface area contributed by atoms with Gasteiger partial charge in [0.25, 0.3) is 0 Å². The topological polar surface area (TPSA) is 32.5 Å². The molecule has 0 unspecified atom stereocenters. The van der Waals surface area contributed by atoms with Crippen molar-refractivity contribution in [3.8, 4) is 0 Å². The molecule has 0 aromatic heterocycles. The number of rotatable bonds is 6. The Balaban J connectivity index is 1.65. The smallest absolute Gasteiger partial charge is 0.0366 e. The van der Waals surface area contributed by atoms with Gasteiger partial charge in [0.05, 0.1) is 0 Å². The van der Waals surface area contributed by atoms with Crippen LogP contribution in [-0.2, 0) is 0 Å². The number of piperidine rings is 1. The first kappa shape index (κ1) is 14.9. The van der Waals surface area contributed by atoms with Crippen molar-refractivity contribution in [2.75, 3.05) is 37.6 Å². The maximum absolute atomic E-state index is 6.23. The van der Waals surface area contributed by atoms with Crippen molar-refractivity contribution in [3.05, 3.63) is 30.3 Å². The van der Waals surface area contributed by atoms with Gasteiger partial charge >= 0.3 is 0 Å². The first-order chi connectivity index (χ1) is 10.3.